The summed E-state index contributed by atoms with van der Waals surface area (Å²) in [5.41, 5.74) is 2.83. The Balaban J connectivity index is 1.61. The summed E-state index contributed by atoms with van der Waals surface area (Å²) in [6.07, 6.45) is 3.40. The molecule has 1 fully saturated rings. The summed E-state index contributed by atoms with van der Waals surface area (Å²) in [4.78, 5) is 27.4. The highest BCUT2D eigenvalue weighted by molar-refractivity contribution is 5.96. The first kappa shape index (κ1) is 20.1. The van der Waals surface area contributed by atoms with Gasteiger partial charge < -0.3 is 15.0 Å². The Kier molecular flexibility index (Phi) is 6.46. The van der Waals surface area contributed by atoms with Gasteiger partial charge in [0.15, 0.2) is 5.82 Å². The molecule has 1 unspecified atom stereocenters. The Morgan fingerprint density at radius 1 is 1.25 bits per heavy atom. The van der Waals surface area contributed by atoms with Gasteiger partial charge in [0.05, 0.1) is 19.1 Å². The summed E-state index contributed by atoms with van der Waals surface area (Å²) >= 11 is 0. The Hall–Kier alpha value is -2.67. The van der Waals surface area contributed by atoms with E-state index in [1.807, 2.05) is 32.2 Å². The van der Waals surface area contributed by atoms with E-state index in [1.165, 1.54) is 0 Å². The van der Waals surface area contributed by atoms with Crippen LogP contribution in [0.25, 0.3) is 0 Å². The van der Waals surface area contributed by atoms with Crippen LogP contribution >= 0.6 is 0 Å². The second-order valence-corrected chi connectivity index (χ2v) is 7.41. The molecule has 1 N–H and O–H groups in total. The lowest BCUT2D eigenvalue weighted by Gasteiger charge is -2.32. The van der Waals surface area contributed by atoms with Crippen LogP contribution in [-0.2, 0) is 16.1 Å². The van der Waals surface area contributed by atoms with E-state index in [-0.39, 0.29) is 17.7 Å². The van der Waals surface area contributed by atoms with Crippen molar-refractivity contribution in [2.24, 2.45) is 5.92 Å². The highest BCUT2D eigenvalue weighted by Gasteiger charge is 2.29. The monoisotopic (exact) mass is 384 g/mol. The third-order valence-corrected chi connectivity index (χ3v) is 4.96. The summed E-state index contributed by atoms with van der Waals surface area (Å²) < 4.78 is 6.76. The van der Waals surface area contributed by atoms with Crippen molar-refractivity contribution in [1.29, 1.82) is 0 Å². The Labute approximate surface area is 165 Å². The molecule has 1 atom stereocenters. The minimum absolute atomic E-state index is 0.00635. The fourth-order valence-electron chi connectivity index (χ4n) is 3.62. The molecule has 1 aromatic heterocycles. The van der Waals surface area contributed by atoms with Crippen molar-refractivity contribution in [3.63, 3.8) is 0 Å². The number of aromatic nitrogens is 2. The molecule has 1 aliphatic heterocycles. The first-order chi connectivity index (χ1) is 13.5. The van der Waals surface area contributed by atoms with Crippen molar-refractivity contribution in [3.8, 4) is 0 Å². The predicted octanol–water partition coefficient (Wildman–Crippen LogP) is 2.64. The zero-order chi connectivity index (χ0) is 20.1. The molecule has 0 spiro atoms. The number of nitrogens with zero attached hydrogens (tertiary/aromatic N) is 3. The van der Waals surface area contributed by atoms with Gasteiger partial charge in [-0.2, -0.15) is 5.10 Å². The van der Waals surface area contributed by atoms with Crippen LogP contribution < -0.4 is 5.32 Å². The number of hydrogen-bond acceptors (Lipinski definition) is 4. The fourth-order valence-corrected chi connectivity index (χ4v) is 3.62. The number of carbonyl (C=O) groups excluding carboxylic acids is 2. The van der Waals surface area contributed by atoms with Crippen LogP contribution in [0, 0.1) is 19.8 Å². The number of nitrogens with one attached hydrogen (secondary N) is 1. The lowest BCUT2D eigenvalue weighted by atomic mass is 9.96. The van der Waals surface area contributed by atoms with E-state index in [0.29, 0.717) is 37.6 Å². The number of likely N-dealkylation sites (tertiary alicyclic amines) is 1. The Morgan fingerprint density at radius 3 is 2.71 bits per heavy atom. The number of carbonyl (C=O) groups is 2. The van der Waals surface area contributed by atoms with E-state index in [4.69, 9.17) is 4.74 Å². The molecule has 0 radical (unpaired) electrons. The van der Waals surface area contributed by atoms with Crippen molar-refractivity contribution in [2.75, 3.05) is 32.1 Å². The van der Waals surface area contributed by atoms with Gasteiger partial charge in [-0.1, -0.05) is 17.2 Å². The van der Waals surface area contributed by atoms with Crippen molar-refractivity contribution >= 4 is 17.6 Å². The zero-order valence-corrected chi connectivity index (χ0v) is 16.8. The van der Waals surface area contributed by atoms with Crippen LogP contribution in [0.4, 0.5) is 5.82 Å². The number of hydrogen-bond donors (Lipinski definition) is 1. The third-order valence-electron chi connectivity index (χ3n) is 4.96. The molecule has 1 aromatic carbocycles. The number of benzene rings is 1. The van der Waals surface area contributed by atoms with Crippen molar-refractivity contribution in [3.05, 3.63) is 47.2 Å². The maximum atomic E-state index is 12.9. The second-order valence-electron chi connectivity index (χ2n) is 7.41. The smallest absolute Gasteiger partial charge is 0.253 e. The molecule has 3 rings (SSSR count). The summed E-state index contributed by atoms with van der Waals surface area (Å²) in [5.74, 6) is 0.203. The lowest BCUT2D eigenvalue weighted by molar-refractivity contribution is -0.121. The first-order valence-electron chi connectivity index (χ1n) is 9.67. The molecule has 1 saturated heterocycles. The molecular weight excluding hydrogens is 356 g/mol. The highest BCUT2D eigenvalue weighted by Crippen LogP contribution is 2.21. The predicted molar refractivity (Wildman–Crippen MR) is 107 cm³/mol. The lowest BCUT2D eigenvalue weighted by Crippen LogP contribution is -2.43. The summed E-state index contributed by atoms with van der Waals surface area (Å²) in [6, 6.07) is 7.64. The second kappa shape index (κ2) is 9.01. The van der Waals surface area contributed by atoms with Crippen LogP contribution in [0.1, 0.15) is 34.3 Å². The SMILES string of the molecule is COCCn1ccc(NC(=O)C2CCCN(C(=O)c3cc(C)cc(C)c3)C2)n1. The van der Waals surface area contributed by atoms with Crippen LogP contribution in [0.15, 0.2) is 30.5 Å². The molecule has 0 bridgehead atoms. The molecule has 2 heterocycles. The van der Waals surface area contributed by atoms with Crippen molar-refractivity contribution in [1.82, 2.24) is 14.7 Å². The van der Waals surface area contributed by atoms with Gasteiger partial charge in [-0.05, 0) is 38.8 Å². The highest BCUT2D eigenvalue weighted by atomic mass is 16.5. The maximum absolute atomic E-state index is 12.9. The zero-order valence-electron chi connectivity index (χ0n) is 16.8. The first-order valence-corrected chi connectivity index (χ1v) is 9.67. The molecule has 2 amide bonds. The van der Waals surface area contributed by atoms with E-state index in [9.17, 15) is 9.59 Å². The van der Waals surface area contributed by atoms with E-state index in [2.05, 4.69) is 16.5 Å². The molecular formula is C21H28N4O3. The van der Waals surface area contributed by atoms with Crippen molar-refractivity contribution < 1.29 is 14.3 Å². The quantitative estimate of drug-likeness (QED) is 0.831. The van der Waals surface area contributed by atoms with Crippen molar-refractivity contribution in [2.45, 2.75) is 33.2 Å². The Bertz CT molecular complexity index is 826. The van der Waals surface area contributed by atoms with Gasteiger partial charge in [-0.3, -0.25) is 14.3 Å². The minimum atomic E-state index is -0.229. The van der Waals surface area contributed by atoms with Gasteiger partial charge in [0.2, 0.25) is 5.91 Å². The molecule has 0 saturated carbocycles. The van der Waals surface area contributed by atoms with Crippen LogP contribution in [0.2, 0.25) is 0 Å². The van der Waals surface area contributed by atoms with E-state index in [0.717, 1.165) is 24.0 Å². The Morgan fingerprint density at radius 2 is 2.00 bits per heavy atom. The third kappa shape index (κ3) is 4.98. The molecule has 0 aliphatic carbocycles. The average molecular weight is 384 g/mol. The van der Waals surface area contributed by atoms with E-state index >= 15 is 0 Å². The molecule has 150 valence electrons. The minimum Gasteiger partial charge on any atom is -0.383 e. The van der Waals surface area contributed by atoms with Crippen LogP contribution in [0.3, 0.4) is 0 Å². The number of anilines is 1. The number of aryl methyl sites for hydroxylation is 2. The van der Waals surface area contributed by atoms with Crippen LogP contribution in [-0.4, -0.2) is 53.3 Å². The fraction of sp³-hybridized carbons (Fsp3) is 0.476. The molecule has 2 aromatic rings. The molecule has 28 heavy (non-hydrogen) atoms. The largest absolute Gasteiger partial charge is 0.383 e. The normalized spacial score (nSPS) is 16.8. The summed E-state index contributed by atoms with van der Waals surface area (Å²) in [5, 5.41) is 7.20. The van der Waals surface area contributed by atoms with Gasteiger partial charge in [-0.15, -0.1) is 0 Å². The van der Waals surface area contributed by atoms with Gasteiger partial charge in [-0.25, -0.2) is 0 Å². The number of piperidine rings is 1. The van der Waals surface area contributed by atoms with Gasteiger partial charge >= 0.3 is 0 Å². The standard InChI is InChI=1S/C21H28N4O3/c1-15-11-16(2)13-18(12-15)21(27)24-7-4-5-17(14-24)20(26)22-19-6-8-25(23-19)9-10-28-3/h6,8,11-13,17H,4-5,7,9-10,14H2,1-3H3,(H,22,23,26). The van der Waals surface area contributed by atoms with Gasteiger partial charge in [0, 0.05) is 38.0 Å². The average Bonchev–Trinajstić information content (AvgIpc) is 3.12. The van der Waals surface area contributed by atoms with Gasteiger partial charge in [0.25, 0.3) is 5.91 Å². The topological polar surface area (TPSA) is 76.5 Å². The molecule has 7 nitrogen and oxygen atoms in total. The maximum Gasteiger partial charge on any atom is 0.253 e. The molecule has 1 aliphatic rings. The van der Waals surface area contributed by atoms with Gasteiger partial charge in [0.1, 0.15) is 0 Å². The van der Waals surface area contributed by atoms with Crippen LogP contribution in [0.5, 0.6) is 0 Å². The molecule has 7 heteroatoms. The summed E-state index contributed by atoms with van der Waals surface area (Å²) in [6.45, 7) is 6.29. The number of methoxy groups -OCH3 is 1. The van der Waals surface area contributed by atoms with E-state index in [1.54, 1.807) is 22.8 Å². The number of ether oxygens (including phenoxy) is 1. The van der Waals surface area contributed by atoms with E-state index < -0.39 is 0 Å². The number of rotatable bonds is 6. The summed E-state index contributed by atoms with van der Waals surface area (Å²) in [7, 11) is 1.64. The number of amides is 2.